The molecule has 0 bridgehead atoms. The van der Waals surface area contributed by atoms with E-state index in [2.05, 4.69) is 5.32 Å². The van der Waals surface area contributed by atoms with Gasteiger partial charge in [-0.3, -0.25) is 14.4 Å². The maximum atomic E-state index is 12.1. The van der Waals surface area contributed by atoms with Crippen molar-refractivity contribution in [1.82, 2.24) is 5.32 Å². The number of nitrogens with one attached hydrogen (secondary N) is 1. The molecular formula is C21H23NO6. The average molecular weight is 385 g/mol. The van der Waals surface area contributed by atoms with Crippen molar-refractivity contribution in [1.29, 1.82) is 0 Å². The number of esters is 1. The van der Waals surface area contributed by atoms with Crippen LogP contribution in [0.5, 0.6) is 11.5 Å². The average Bonchev–Trinajstić information content (AvgIpc) is 2.71. The maximum Gasteiger partial charge on any atom is 0.310 e. The van der Waals surface area contributed by atoms with Crippen LogP contribution in [-0.4, -0.2) is 38.5 Å². The third-order valence-corrected chi connectivity index (χ3v) is 4.03. The summed E-state index contributed by atoms with van der Waals surface area (Å²) in [6.45, 7) is 1.37. The number of amides is 1. The van der Waals surface area contributed by atoms with Crippen molar-refractivity contribution in [2.24, 2.45) is 0 Å². The van der Waals surface area contributed by atoms with E-state index in [1.807, 2.05) is 12.1 Å². The second-order valence-corrected chi connectivity index (χ2v) is 6.05. The lowest BCUT2D eigenvalue weighted by molar-refractivity contribution is -0.147. The Kier molecular flexibility index (Phi) is 7.56. The summed E-state index contributed by atoms with van der Waals surface area (Å²) in [6.07, 6.45) is -0.101. The molecule has 2 aromatic rings. The Bertz CT molecular complexity index is 844. The van der Waals surface area contributed by atoms with E-state index in [1.54, 1.807) is 37.4 Å². The Morgan fingerprint density at radius 3 is 2.29 bits per heavy atom. The molecule has 1 N–H and O–H groups in total. The molecule has 0 aliphatic rings. The number of hydrogen-bond donors (Lipinski definition) is 1. The highest BCUT2D eigenvalue weighted by Crippen LogP contribution is 2.21. The van der Waals surface area contributed by atoms with Crippen LogP contribution in [0.15, 0.2) is 42.5 Å². The summed E-state index contributed by atoms with van der Waals surface area (Å²) in [7, 11) is 3.06. The molecule has 0 saturated heterocycles. The van der Waals surface area contributed by atoms with Gasteiger partial charge in [0.05, 0.1) is 20.6 Å². The fraction of sp³-hybridized carbons (Fsp3) is 0.286. The van der Waals surface area contributed by atoms with Crippen LogP contribution in [0.1, 0.15) is 28.4 Å². The number of rotatable bonds is 9. The van der Waals surface area contributed by atoms with Crippen molar-refractivity contribution in [3.05, 3.63) is 59.2 Å². The highest BCUT2D eigenvalue weighted by Gasteiger charge is 2.14. The molecule has 0 heterocycles. The molecule has 0 saturated carbocycles. The second-order valence-electron chi connectivity index (χ2n) is 6.05. The highest BCUT2D eigenvalue weighted by molar-refractivity contribution is 5.94. The smallest absolute Gasteiger partial charge is 0.310 e. The van der Waals surface area contributed by atoms with Gasteiger partial charge >= 0.3 is 5.97 Å². The first-order chi connectivity index (χ1) is 13.4. The normalized spacial score (nSPS) is 10.1. The summed E-state index contributed by atoms with van der Waals surface area (Å²) in [5.74, 6) is 0.0987. The maximum absolute atomic E-state index is 12.1. The molecule has 2 rings (SSSR count). The van der Waals surface area contributed by atoms with E-state index in [0.29, 0.717) is 23.4 Å². The first-order valence-corrected chi connectivity index (χ1v) is 8.66. The van der Waals surface area contributed by atoms with Gasteiger partial charge in [0, 0.05) is 17.7 Å². The van der Waals surface area contributed by atoms with Gasteiger partial charge in [0.2, 0.25) is 0 Å². The number of hydrogen-bond acceptors (Lipinski definition) is 6. The number of ketones is 1. The minimum absolute atomic E-state index is 0.101. The van der Waals surface area contributed by atoms with Crippen molar-refractivity contribution in [2.75, 3.05) is 20.8 Å². The van der Waals surface area contributed by atoms with E-state index in [0.717, 1.165) is 11.3 Å². The van der Waals surface area contributed by atoms with Crippen LogP contribution >= 0.6 is 0 Å². The second kappa shape index (κ2) is 10.1. The predicted octanol–water partition coefficient (Wildman–Crippen LogP) is 2.31. The molecule has 0 atom stereocenters. The molecule has 0 aliphatic heterocycles. The molecule has 0 spiro atoms. The Morgan fingerprint density at radius 2 is 1.68 bits per heavy atom. The van der Waals surface area contributed by atoms with Crippen LogP contribution in [0.4, 0.5) is 0 Å². The fourth-order valence-electron chi connectivity index (χ4n) is 2.48. The Morgan fingerprint density at radius 1 is 0.964 bits per heavy atom. The molecular weight excluding hydrogens is 362 g/mol. The monoisotopic (exact) mass is 385 g/mol. The molecule has 0 unspecified atom stereocenters. The van der Waals surface area contributed by atoms with Crippen LogP contribution < -0.4 is 14.8 Å². The van der Waals surface area contributed by atoms with Crippen LogP contribution in [0, 0.1) is 0 Å². The van der Waals surface area contributed by atoms with E-state index in [4.69, 9.17) is 14.2 Å². The molecule has 2 aromatic carbocycles. The van der Waals surface area contributed by atoms with Gasteiger partial charge < -0.3 is 19.5 Å². The van der Waals surface area contributed by atoms with Crippen LogP contribution in [-0.2, 0) is 27.3 Å². The lowest BCUT2D eigenvalue weighted by atomic mass is 10.0. The number of carbonyl (C=O) groups is 3. The van der Waals surface area contributed by atoms with Crippen molar-refractivity contribution in [2.45, 2.75) is 19.9 Å². The summed E-state index contributed by atoms with van der Waals surface area (Å²) >= 11 is 0. The van der Waals surface area contributed by atoms with E-state index in [-0.39, 0.29) is 18.8 Å². The zero-order valence-electron chi connectivity index (χ0n) is 16.1. The minimum atomic E-state index is -0.585. The Hall–Kier alpha value is -3.35. The first kappa shape index (κ1) is 21.0. The van der Waals surface area contributed by atoms with Gasteiger partial charge in [0.15, 0.2) is 12.4 Å². The van der Waals surface area contributed by atoms with Crippen molar-refractivity contribution < 1.29 is 28.6 Å². The van der Waals surface area contributed by atoms with Gasteiger partial charge in [-0.15, -0.1) is 0 Å². The molecule has 7 heteroatoms. The van der Waals surface area contributed by atoms with Crippen LogP contribution in [0.25, 0.3) is 0 Å². The summed E-state index contributed by atoms with van der Waals surface area (Å²) in [5, 5.41) is 2.68. The van der Waals surface area contributed by atoms with Gasteiger partial charge in [0.25, 0.3) is 5.91 Å². The van der Waals surface area contributed by atoms with Gasteiger partial charge in [-0.25, -0.2) is 0 Å². The van der Waals surface area contributed by atoms with Crippen molar-refractivity contribution in [3.8, 4) is 11.5 Å². The number of Topliss-reactive ketones (excluding diaryl/α,β-unsaturated/α-hetero) is 1. The molecule has 0 aromatic heterocycles. The summed E-state index contributed by atoms with van der Waals surface area (Å²) in [4.78, 5) is 35.4. The Labute approximate surface area is 163 Å². The third-order valence-electron chi connectivity index (χ3n) is 4.03. The largest absolute Gasteiger partial charge is 0.497 e. The van der Waals surface area contributed by atoms with Crippen LogP contribution in [0.2, 0.25) is 0 Å². The zero-order valence-corrected chi connectivity index (χ0v) is 16.1. The van der Waals surface area contributed by atoms with Gasteiger partial charge in [-0.2, -0.15) is 0 Å². The van der Waals surface area contributed by atoms with Gasteiger partial charge in [0.1, 0.15) is 11.5 Å². The van der Waals surface area contributed by atoms with E-state index >= 15 is 0 Å². The summed E-state index contributed by atoms with van der Waals surface area (Å²) in [6, 6.07) is 12.1. The van der Waals surface area contributed by atoms with E-state index < -0.39 is 11.9 Å². The first-order valence-electron chi connectivity index (χ1n) is 8.66. The SMILES string of the molecule is COc1ccc(CNC(=O)COC(=O)Cc2cc(C(C)=O)ccc2OC)cc1. The standard InChI is InChI=1S/C21H23NO6/c1-14(23)16-6-9-19(27-3)17(10-16)11-21(25)28-13-20(24)22-12-15-4-7-18(26-2)8-5-15/h4-10H,11-13H2,1-3H3,(H,22,24). The number of methoxy groups -OCH3 is 2. The van der Waals surface area contributed by atoms with E-state index in [9.17, 15) is 14.4 Å². The molecule has 28 heavy (non-hydrogen) atoms. The lowest BCUT2D eigenvalue weighted by Crippen LogP contribution is -2.28. The molecule has 7 nitrogen and oxygen atoms in total. The van der Waals surface area contributed by atoms with E-state index in [1.165, 1.54) is 14.0 Å². The van der Waals surface area contributed by atoms with Crippen molar-refractivity contribution in [3.63, 3.8) is 0 Å². The number of carbonyl (C=O) groups excluding carboxylic acids is 3. The quantitative estimate of drug-likeness (QED) is 0.526. The third kappa shape index (κ3) is 6.12. The Balaban J connectivity index is 1.83. The van der Waals surface area contributed by atoms with Crippen molar-refractivity contribution >= 4 is 17.7 Å². The van der Waals surface area contributed by atoms with Gasteiger partial charge in [-0.1, -0.05) is 12.1 Å². The summed E-state index contributed by atoms with van der Waals surface area (Å²) < 4.78 is 15.3. The van der Waals surface area contributed by atoms with Gasteiger partial charge in [-0.05, 0) is 42.8 Å². The summed E-state index contributed by atoms with van der Waals surface area (Å²) in [5.41, 5.74) is 1.89. The van der Waals surface area contributed by atoms with Crippen LogP contribution in [0.3, 0.4) is 0 Å². The minimum Gasteiger partial charge on any atom is -0.497 e. The molecule has 0 radical (unpaired) electrons. The fourth-order valence-corrected chi connectivity index (χ4v) is 2.48. The number of benzene rings is 2. The molecule has 0 fully saturated rings. The lowest BCUT2D eigenvalue weighted by Gasteiger charge is -2.10. The molecule has 1 amide bonds. The highest BCUT2D eigenvalue weighted by atomic mass is 16.5. The topological polar surface area (TPSA) is 90.9 Å². The predicted molar refractivity (Wildman–Crippen MR) is 103 cm³/mol. The molecule has 0 aliphatic carbocycles. The zero-order chi connectivity index (χ0) is 20.5. The number of ether oxygens (including phenoxy) is 3. The molecule has 148 valence electrons.